The number of Topliss-reactive ketones (excluding diaryl/α,β-unsaturated/α-hetero) is 2. The van der Waals surface area contributed by atoms with E-state index in [1.165, 1.54) is 0 Å². The number of hydrogen-bond acceptors (Lipinski definition) is 11. The fourth-order valence-corrected chi connectivity index (χ4v) is 9.55. The topological polar surface area (TPSA) is 152 Å². The molecule has 2 saturated carbocycles. The number of fused-ring (bicyclic) bond motifs is 1. The molecule has 0 spiro atoms. The number of esters is 2. The third-order valence-electron chi connectivity index (χ3n) is 12.4. The lowest BCUT2D eigenvalue weighted by atomic mass is 9.70. The van der Waals surface area contributed by atoms with Crippen molar-refractivity contribution in [2.24, 2.45) is 23.7 Å². The van der Waals surface area contributed by atoms with Gasteiger partial charge < -0.3 is 14.2 Å². The molecule has 3 aromatic heterocycles. The van der Waals surface area contributed by atoms with Gasteiger partial charge in [0.25, 0.3) is 5.78 Å². The molecule has 4 unspecified atom stereocenters. The lowest BCUT2D eigenvalue weighted by molar-refractivity contribution is -0.190. The average molecular weight is 714 g/mol. The molecule has 2 aliphatic carbocycles. The first-order valence-electron chi connectivity index (χ1n) is 19.3. The van der Waals surface area contributed by atoms with Gasteiger partial charge in [0.2, 0.25) is 0 Å². The fourth-order valence-electron chi connectivity index (χ4n) is 9.55. The van der Waals surface area contributed by atoms with E-state index in [9.17, 15) is 19.2 Å². The molecule has 4 atom stereocenters. The van der Waals surface area contributed by atoms with Crippen LogP contribution in [0.25, 0.3) is 5.78 Å². The van der Waals surface area contributed by atoms with E-state index in [2.05, 4.69) is 27.0 Å². The number of pyridine rings is 1. The Morgan fingerprint density at radius 3 is 2.06 bits per heavy atom. The Morgan fingerprint density at radius 2 is 1.46 bits per heavy atom. The molecule has 0 bridgehead atoms. The summed E-state index contributed by atoms with van der Waals surface area (Å²) < 4.78 is 20.0. The quantitative estimate of drug-likeness (QED) is 0.166. The second kappa shape index (κ2) is 14.7. The van der Waals surface area contributed by atoms with E-state index in [4.69, 9.17) is 14.2 Å². The van der Waals surface area contributed by atoms with Gasteiger partial charge in [-0.25, -0.2) is 9.50 Å². The lowest BCUT2D eigenvalue weighted by Gasteiger charge is -2.45. The van der Waals surface area contributed by atoms with Crippen LogP contribution in [-0.4, -0.2) is 66.4 Å². The van der Waals surface area contributed by atoms with Crippen molar-refractivity contribution < 1.29 is 33.4 Å². The Balaban J connectivity index is 1.06. The van der Waals surface area contributed by atoms with Gasteiger partial charge in [0.05, 0.1) is 13.3 Å². The predicted octanol–water partition coefficient (Wildman–Crippen LogP) is 5.79. The molecule has 7 rings (SSSR count). The second-order valence-electron chi connectivity index (χ2n) is 15.7. The van der Waals surface area contributed by atoms with E-state index in [0.717, 1.165) is 80.4 Å². The van der Waals surface area contributed by atoms with Crippen LogP contribution in [0.4, 0.5) is 0 Å². The number of cyclic esters (lactones) is 2. The highest BCUT2D eigenvalue weighted by Gasteiger charge is 2.55. The highest BCUT2D eigenvalue weighted by atomic mass is 16.6. The van der Waals surface area contributed by atoms with Crippen molar-refractivity contribution in [1.82, 2.24) is 24.6 Å². The van der Waals surface area contributed by atoms with Crippen LogP contribution in [0.15, 0.2) is 18.3 Å². The molecule has 2 aliphatic heterocycles. The third kappa shape index (κ3) is 6.97. The smallest absolute Gasteiger partial charge is 0.317 e. The van der Waals surface area contributed by atoms with E-state index < -0.39 is 35.0 Å². The summed E-state index contributed by atoms with van der Waals surface area (Å²) in [4.78, 5) is 69.0. The number of aryl methyl sites for hydroxylation is 4. The largest absolute Gasteiger partial charge is 0.495 e. The van der Waals surface area contributed by atoms with Gasteiger partial charge in [-0.3, -0.25) is 24.2 Å². The fraction of sp³-hybridized carbons (Fsp3) is 0.650. The van der Waals surface area contributed by atoms with E-state index in [1.54, 1.807) is 17.8 Å². The Labute approximate surface area is 304 Å². The molecule has 4 fully saturated rings. The minimum atomic E-state index is -1.06. The van der Waals surface area contributed by atoms with Crippen LogP contribution in [0.1, 0.15) is 119 Å². The maximum Gasteiger partial charge on any atom is 0.317 e. The second-order valence-corrected chi connectivity index (χ2v) is 15.7. The van der Waals surface area contributed by atoms with Gasteiger partial charge in [-0.1, -0.05) is 32.6 Å². The van der Waals surface area contributed by atoms with Crippen molar-refractivity contribution in [1.29, 1.82) is 0 Å². The lowest BCUT2D eigenvalue weighted by Crippen LogP contribution is -2.54. The van der Waals surface area contributed by atoms with E-state index >= 15 is 0 Å². The number of ether oxygens (including phenoxy) is 3. The minimum absolute atomic E-state index is 0.0138. The van der Waals surface area contributed by atoms with Crippen molar-refractivity contribution in [2.45, 2.75) is 135 Å². The molecule has 12 nitrogen and oxygen atoms in total. The number of methoxy groups -OCH3 is 1. The van der Waals surface area contributed by atoms with Crippen LogP contribution < -0.4 is 4.74 Å². The van der Waals surface area contributed by atoms with E-state index in [0.29, 0.717) is 30.2 Å². The minimum Gasteiger partial charge on any atom is -0.495 e. The van der Waals surface area contributed by atoms with Crippen LogP contribution in [0.3, 0.4) is 0 Å². The molecule has 52 heavy (non-hydrogen) atoms. The van der Waals surface area contributed by atoms with Crippen molar-refractivity contribution in [3.8, 4) is 5.75 Å². The SMILES string of the molecule is CCc1cc(CCC2(C3CCCC3)CC(=O)C(CCC3(C4CCCC4)CC(=O)C(Cc4nc5nc(C)cc(C)n5n4)C(=O)O3)C(=O)O2)c(OC)cn1. The van der Waals surface area contributed by atoms with Gasteiger partial charge in [-0.05, 0) is 101 Å². The van der Waals surface area contributed by atoms with Crippen LogP contribution in [-0.2, 0) is 47.9 Å². The van der Waals surface area contributed by atoms with Crippen LogP contribution in [0.2, 0.25) is 0 Å². The van der Waals surface area contributed by atoms with Gasteiger partial charge in [0, 0.05) is 36.3 Å². The average Bonchev–Trinajstić information content (AvgIpc) is 3.92. The molecule has 0 radical (unpaired) electrons. The summed E-state index contributed by atoms with van der Waals surface area (Å²) in [5.41, 5.74) is 1.69. The Bertz CT molecular complexity index is 1820. The summed E-state index contributed by atoms with van der Waals surface area (Å²) in [6.45, 7) is 5.83. The van der Waals surface area contributed by atoms with Crippen LogP contribution in [0.5, 0.6) is 5.75 Å². The van der Waals surface area contributed by atoms with Crippen molar-refractivity contribution in [3.63, 3.8) is 0 Å². The van der Waals surface area contributed by atoms with Crippen LogP contribution >= 0.6 is 0 Å². The Hall–Kier alpha value is -4.22. The number of ketones is 2. The molecule has 12 heteroatoms. The number of carbonyl (C=O) groups is 4. The Kier molecular flexibility index (Phi) is 10.2. The van der Waals surface area contributed by atoms with Gasteiger partial charge in [0.15, 0.2) is 17.4 Å². The first kappa shape index (κ1) is 36.2. The van der Waals surface area contributed by atoms with Crippen molar-refractivity contribution in [2.75, 3.05) is 7.11 Å². The number of carbonyl (C=O) groups excluding carboxylic acids is 4. The first-order chi connectivity index (χ1) is 25.0. The maximum absolute atomic E-state index is 14.1. The summed E-state index contributed by atoms with van der Waals surface area (Å²) in [5, 5.41) is 4.52. The molecule has 5 heterocycles. The molecule has 278 valence electrons. The third-order valence-corrected chi connectivity index (χ3v) is 12.4. The zero-order valence-corrected chi connectivity index (χ0v) is 30.9. The molecule has 2 saturated heterocycles. The number of hydrogen-bond donors (Lipinski definition) is 0. The highest BCUT2D eigenvalue weighted by molar-refractivity contribution is 6.02. The highest BCUT2D eigenvalue weighted by Crippen LogP contribution is 2.49. The summed E-state index contributed by atoms with van der Waals surface area (Å²) >= 11 is 0. The predicted molar refractivity (Wildman–Crippen MR) is 189 cm³/mol. The number of nitrogens with zero attached hydrogens (tertiary/aromatic N) is 5. The standard InChI is InChI=1S/C40H51N5O7/c1-5-29-19-26(34(50-4)23-41-29)14-16-39(27-10-6-7-11-27)21-32(46)30(36(48)51-39)15-17-40(28-12-8-9-13-28)22-33(47)31(37(49)52-40)20-35-43-38-42-24(2)18-25(3)45(38)44-35/h18-19,23,27-28,30-31H,5-17,20-22H2,1-4H3. The summed E-state index contributed by atoms with van der Waals surface area (Å²) in [6, 6.07) is 3.94. The van der Waals surface area contributed by atoms with E-state index in [1.807, 2.05) is 26.0 Å². The summed E-state index contributed by atoms with van der Waals surface area (Å²) in [5.74, 6) is -1.81. The summed E-state index contributed by atoms with van der Waals surface area (Å²) in [6.07, 6.45) is 11.9. The molecular weight excluding hydrogens is 662 g/mol. The Morgan fingerprint density at radius 1 is 0.846 bits per heavy atom. The molecule has 3 aromatic rings. The van der Waals surface area contributed by atoms with Gasteiger partial charge in [-0.15, -0.1) is 5.10 Å². The number of aromatic nitrogens is 5. The van der Waals surface area contributed by atoms with Crippen molar-refractivity contribution in [3.05, 3.63) is 46.8 Å². The summed E-state index contributed by atoms with van der Waals surface area (Å²) in [7, 11) is 1.63. The normalized spacial score (nSPS) is 27.4. The van der Waals surface area contributed by atoms with Gasteiger partial charge in [0.1, 0.15) is 28.8 Å². The monoisotopic (exact) mass is 713 g/mol. The zero-order valence-electron chi connectivity index (χ0n) is 30.9. The number of rotatable bonds is 12. The molecule has 0 N–H and O–H groups in total. The van der Waals surface area contributed by atoms with Crippen LogP contribution in [0, 0.1) is 37.5 Å². The first-order valence-corrected chi connectivity index (χ1v) is 19.3. The molecule has 0 aromatic carbocycles. The molecule has 0 amide bonds. The molecular formula is C40H51N5O7. The molecule has 4 aliphatic rings. The van der Waals surface area contributed by atoms with Crippen molar-refractivity contribution >= 4 is 29.3 Å². The maximum atomic E-state index is 14.1. The zero-order chi connectivity index (χ0) is 36.6. The van der Waals surface area contributed by atoms with Gasteiger partial charge >= 0.3 is 11.9 Å². The van der Waals surface area contributed by atoms with Gasteiger partial charge in [-0.2, -0.15) is 4.98 Å². The van der Waals surface area contributed by atoms with E-state index in [-0.39, 0.29) is 55.5 Å².